The number of aromatic nitrogens is 2. The van der Waals surface area contributed by atoms with Gasteiger partial charge in [-0.05, 0) is 12.1 Å². The fourth-order valence-corrected chi connectivity index (χ4v) is 3.35. The molecule has 1 aliphatic heterocycles. The van der Waals surface area contributed by atoms with E-state index in [4.69, 9.17) is 14.2 Å². The normalized spacial score (nSPS) is 14.0. The molecule has 1 N–H and O–H groups in total. The first-order valence-corrected chi connectivity index (χ1v) is 10.6. The van der Waals surface area contributed by atoms with Gasteiger partial charge in [-0.1, -0.05) is 36.4 Å². The maximum atomic E-state index is 12.9. The molecule has 0 bridgehead atoms. The zero-order valence-electron chi connectivity index (χ0n) is 18.0. The SMILES string of the molecule is COc1cccc(Oc2nc(-c3ccccc3)ncc2C(=O)NCCN2CCOCC2)c1. The second kappa shape index (κ2) is 10.7. The Labute approximate surface area is 187 Å². The number of benzene rings is 2. The minimum absolute atomic E-state index is 0.191. The average Bonchev–Trinajstić information content (AvgIpc) is 2.85. The van der Waals surface area contributed by atoms with E-state index in [9.17, 15) is 4.79 Å². The van der Waals surface area contributed by atoms with Crippen molar-refractivity contribution in [2.24, 2.45) is 0 Å². The molecule has 3 aromatic rings. The monoisotopic (exact) mass is 434 g/mol. The van der Waals surface area contributed by atoms with E-state index in [1.54, 1.807) is 19.2 Å². The highest BCUT2D eigenvalue weighted by Crippen LogP contribution is 2.28. The Morgan fingerprint density at radius 2 is 1.88 bits per heavy atom. The molecular formula is C24H26N4O4. The maximum absolute atomic E-state index is 12.9. The number of carbonyl (C=O) groups is 1. The minimum Gasteiger partial charge on any atom is -0.497 e. The zero-order chi connectivity index (χ0) is 22.2. The maximum Gasteiger partial charge on any atom is 0.258 e. The van der Waals surface area contributed by atoms with Crippen molar-refractivity contribution in [3.05, 3.63) is 66.4 Å². The summed E-state index contributed by atoms with van der Waals surface area (Å²) in [5.41, 5.74) is 1.11. The van der Waals surface area contributed by atoms with Crippen LogP contribution < -0.4 is 14.8 Å². The predicted molar refractivity (Wildman–Crippen MR) is 120 cm³/mol. The lowest BCUT2D eigenvalue weighted by atomic mass is 10.2. The predicted octanol–water partition coefficient (Wildman–Crippen LogP) is 3.01. The molecule has 1 saturated heterocycles. The van der Waals surface area contributed by atoms with Crippen LogP contribution in [0.4, 0.5) is 0 Å². The molecule has 1 fully saturated rings. The molecule has 32 heavy (non-hydrogen) atoms. The molecule has 2 heterocycles. The summed E-state index contributed by atoms with van der Waals surface area (Å²) < 4.78 is 16.6. The van der Waals surface area contributed by atoms with Crippen molar-refractivity contribution < 1.29 is 19.0 Å². The van der Waals surface area contributed by atoms with Gasteiger partial charge < -0.3 is 19.5 Å². The van der Waals surface area contributed by atoms with Crippen LogP contribution in [0.5, 0.6) is 17.4 Å². The molecule has 2 aromatic carbocycles. The third-order valence-corrected chi connectivity index (χ3v) is 5.10. The van der Waals surface area contributed by atoms with Gasteiger partial charge in [0.2, 0.25) is 5.88 Å². The molecule has 1 amide bonds. The molecule has 0 saturated carbocycles. The largest absolute Gasteiger partial charge is 0.497 e. The highest BCUT2D eigenvalue weighted by Gasteiger charge is 2.18. The molecule has 8 nitrogen and oxygen atoms in total. The molecule has 1 aliphatic rings. The fraction of sp³-hybridized carbons (Fsp3) is 0.292. The van der Waals surface area contributed by atoms with Crippen LogP contribution in [0.25, 0.3) is 11.4 Å². The van der Waals surface area contributed by atoms with Gasteiger partial charge in [-0.2, -0.15) is 4.98 Å². The van der Waals surface area contributed by atoms with Crippen LogP contribution in [0.15, 0.2) is 60.8 Å². The lowest BCUT2D eigenvalue weighted by Gasteiger charge is -2.26. The zero-order valence-corrected chi connectivity index (χ0v) is 18.0. The molecule has 1 aromatic heterocycles. The first kappa shape index (κ1) is 21.7. The van der Waals surface area contributed by atoms with Crippen molar-refractivity contribution in [3.63, 3.8) is 0 Å². The van der Waals surface area contributed by atoms with Crippen molar-refractivity contribution in [3.8, 4) is 28.8 Å². The van der Waals surface area contributed by atoms with Gasteiger partial charge in [-0.15, -0.1) is 0 Å². The Hall–Kier alpha value is -3.49. The number of hydrogen-bond donors (Lipinski definition) is 1. The van der Waals surface area contributed by atoms with Crippen molar-refractivity contribution in [1.29, 1.82) is 0 Å². The second-order valence-corrected chi connectivity index (χ2v) is 7.27. The van der Waals surface area contributed by atoms with Gasteiger partial charge in [0.05, 0.1) is 20.3 Å². The summed E-state index contributed by atoms with van der Waals surface area (Å²) in [4.78, 5) is 24.1. The Bertz CT molecular complexity index is 1040. The van der Waals surface area contributed by atoms with Crippen molar-refractivity contribution in [2.45, 2.75) is 0 Å². The number of hydrogen-bond acceptors (Lipinski definition) is 7. The molecule has 4 rings (SSSR count). The first-order chi connectivity index (χ1) is 15.7. The molecule has 166 valence electrons. The van der Waals surface area contributed by atoms with Crippen LogP contribution in [0.3, 0.4) is 0 Å². The molecule has 0 aliphatic carbocycles. The van der Waals surface area contributed by atoms with E-state index in [0.29, 0.717) is 23.9 Å². The first-order valence-electron chi connectivity index (χ1n) is 10.6. The van der Waals surface area contributed by atoms with Crippen LogP contribution >= 0.6 is 0 Å². The summed E-state index contributed by atoms with van der Waals surface area (Å²) in [6.07, 6.45) is 1.51. The number of rotatable bonds is 8. The van der Waals surface area contributed by atoms with Crippen molar-refractivity contribution >= 4 is 5.91 Å². The summed E-state index contributed by atoms with van der Waals surface area (Å²) in [7, 11) is 1.59. The Morgan fingerprint density at radius 1 is 1.09 bits per heavy atom. The molecular weight excluding hydrogens is 408 g/mol. The number of ether oxygens (including phenoxy) is 3. The Balaban J connectivity index is 1.54. The van der Waals surface area contributed by atoms with Crippen LogP contribution in [0, 0.1) is 0 Å². The molecule has 0 spiro atoms. The van der Waals surface area contributed by atoms with Gasteiger partial charge in [0.1, 0.15) is 17.1 Å². The van der Waals surface area contributed by atoms with Crippen molar-refractivity contribution in [1.82, 2.24) is 20.2 Å². The van der Waals surface area contributed by atoms with Crippen molar-refractivity contribution in [2.75, 3.05) is 46.5 Å². The number of morpholine rings is 1. The van der Waals surface area contributed by atoms with Gasteiger partial charge in [-0.3, -0.25) is 9.69 Å². The standard InChI is InChI=1S/C24H26N4O4/c1-30-19-8-5-9-20(16-19)32-24-21(17-26-22(27-24)18-6-3-2-4-7-18)23(29)25-10-11-28-12-14-31-15-13-28/h2-9,16-17H,10-15H2,1H3,(H,25,29). The smallest absolute Gasteiger partial charge is 0.258 e. The van der Waals surface area contributed by atoms with Crippen LogP contribution in [0.1, 0.15) is 10.4 Å². The summed E-state index contributed by atoms with van der Waals surface area (Å²) in [6, 6.07) is 16.7. The van der Waals surface area contributed by atoms with E-state index >= 15 is 0 Å². The summed E-state index contributed by atoms with van der Waals surface area (Å²) in [5, 5.41) is 2.95. The third-order valence-electron chi connectivity index (χ3n) is 5.10. The summed E-state index contributed by atoms with van der Waals surface area (Å²) in [6.45, 7) is 4.45. The van der Waals surface area contributed by atoms with E-state index in [1.807, 2.05) is 42.5 Å². The molecule has 0 radical (unpaired) electrons. The number of nitrogens with zero attached hydrogens (tertiary/aromatic N) is 3. The van der Waals surface area contributed by atoms with Gasteiger partial charge in [0.15, 0.2) is 5.82 Å². The number of amides is 1. The number of carbonyl (C=O) groups excluding carboxylic acids is 1. The third kappa shape index (κ3) is 5.60. The summed E-state index contributed by atoms with van der Waals surface area (Å²) >= 11 is 0. The topological polar surface area (TPSA) is 85.8 Å². The van der Waals surface area contributed by atoms with Gasteiger partial charge in [0, 0.05) is 44.0 Å². The van der Waals surface area contributed by atoms with Gasteiger partial charge in [0.25, 0.3) is 5.91 Å². The van der Waals surface area contributed by atoms with Crippen LogP contribution in [-0.2, 0) is 4.74 Å². The minimum atomic E-state index is -0.282. The molecule has 8 heteroatoms. The second-order valence-electron chi connectivity index (χ2n) is 7.27. The van der Waals surface area contributed by atoms with Gasteiger partial charge in [-0.25, -0.2) is 4.98 Å². The van der Waals surface area contributed by atoms with E-state index in [0.717, 1.165) is 38.4 Å². The molecule has 0 unspecified atom stereocenters. The number of nitrogens with one attached hydrogen (secondary N) is 1. The Morgan fingerprint density at radius 3 is 2.66 bits per heavy atom. The Kier molecular flexibility index (Phi) is 7.27. The van der Waals surface area contributed by atoms with E-state index in [-0.39, 0.29) is 17.4 Å². The highest BCUT2D eigenvalue weighted by atomic mass is 16.5. The highest BCUT2D eigenvalue weighted by molar-refractivity contribution is 5.96. The van der Waals surface area contributed by atoms with Crippen LogP contribution in [-0.4, -0.2) is 67.3 Å². The average molecular weight is 434 g/mol. The van der Waals surface area contributed by atoms with E-state index in [2.05, 4.69) is 20.2 Å². The quantitative estimate of drug-likeness (QED) is 0.583. The van der Waals surface area contributed by atoms with E-state index in [1.165, 1.54) is 6.20 Å². The number of methoxy groups -OCH3 is 1. The summed E-state index contributed by atoms with van der Waals surface area (Å²) in [5.74, 6) is 1.56. The van der Waals surface area contributed by atoms with Crippen LogP contribution in [0.2, 0.25) is 0 Å². The molecule has 0 atom stereocenters. The van der Waals surface area contributed by atoms with Gasteiger partial charge >= 0.3 is 0 Å². The lowest BCUT2D eigenvalue weighted by molar-refractivity contribution is 0.0383. The fourth-order valence-electron chi connectivity index (χ4n) is 3.35. The lowest BCUT2D eigenvalue weighted by Crippen LogP contribution is -2.41. The van der Waals surface area contributed by atoms with E-state index < -0.39 is 0 Å².